The van der Waals surface area contributed by atoms with E-state index in [0.29, 0.717) is 11.4 Å². The number of benzene rings is 2. The molecule has 1 fully saturated rings. The smallest absolute Gasteiger partial charge is 0.293 e. The highest BCUT2D eigenvalue weighted by atomic mass is 32.2. The van der Waals surface area contributed by atoms with Crippen molar-refractivity contribution in [2.75, 3.05) is 0 Å². The summed E-state index contributed by atoms with van der Waals surface area (Å²) in [4.78, 5) is 26.7. The molecule has 140 valence electrons. The fourth-order valence-corrected chi connectivity index (χ4v) is 3.54. The van der Waals surface area contributed by atoms with Gasteiger partial charge in [-0.05, 0) is 66.9 Å². The van der Waals surface area contributed by atoms with Gasteiger partial charge in [0.2, 0.25) is 0 Å². The Labute approximate surface area is 164 Å². The highest BCUT2D eigenvalue weighted by molar-refractivity contribution is 8.18. The fraction of sp³-hybridized carbons (Fsp3) is 0.273. The SMILES string of the molecule is CCC(C)Oc1ccc(/C=C2\SC(=O)N(Cc3ccccc3C)C2=O)cc1. The number of rotatable bonds is 6. The predicted molar refractivity (Wildman–Crippen MR) is 110 cm³/mol. The zero-order valence-corrected chi connectivity index (χ0v) is 16.6. The maximum absolute atomic E-state index is 12.7. The molecule has 0 saturated carbocycles. The summed E-state index contributed by atoms with van der Waals surface area (Å²) in [6, 6.07) is 15.3. The normalized spacial score (nSPS) is 16.9. The van der Waals surface area contributed by atoms with Crippen LogP contribution in [0.15, 0.2) is 53.4 Å². The Kier molecular flexibility index (Phi) is 6.01. The number of carbonyl (C=O) groups is 2. The molecule has 0 aliphatic carbocycles. The third-order valence-electron chi connectivity index (χ3n) is 4.55. The van der Waals surface area contributed by atoms with Gasteiger partial charge in [-0.2, -0.15) is 0 Å². The molecule has 2 aromatic carbocycles. The average Bonchev–Trinajstić information content (AvgIpc) is 2.92. The first-order chi connectivity index (χ1) is 13.0. The van der Waals surface area contributed by atoms with Crippen LogP contribution in [0, 0.1) is 6.92 Å². The van der Waals surface area contributed by atoms with Crippen molar-refractivity contribution in [1.29, 1.82) is 0 Å². The Morgan fingerprint density at radius 1 is 1.11 bits per heavy atom. The lowest BCUT2D eigenvalue weighted by atomic mass is 10.1. The van der Waals surface area contributed by atoms with Gasteiger partial charge in [0, 0.05) is 0 Å². The zero-order valence-electron chi connectivity index (χ0n) is 15.8. The van der Waals surface area contributed by atoms with Gasteiger partial charge in [0.25, 0.3) is 11.1 Å². The fourth-order valence-electron chi connectivity index (χ4n) is 2.70. The van der Waals surface area contributed by atoms with E-state index in [4.69, 9.17) is 4.74 Å². The molecule has 0 bridgehead atoms. The minimum atomic E-state index is -0.242. The quantitative estimate of drug-likeness (QED) is 0.628. The van der Waals surface area contributed by atoms with E-state index in [0.717, 1.165) is 40.6 Å². The van der Waals surface area contributed by atoms with Gasteiger partial charge in [0.05, 0.1) is 17.6 Å². The second-order valence-electron chi connectivity index (χ2n) is 6.60. The Hall–Kier alpha value is -2.53. The standard InChI is InChI=1S/C22H23NO3S/c1-4-16(3)26-19-11-9-17(10-12-19)13-20-21(24)23(22(25)27-20)14-18-8-6-5-7-15(18)2/h5-13,16H,4,14H2,1-3H3/b20-13-. The molecule has 1 saturated heterocycles. The van der Waals surface area contributed by atoms with Gasteiger partial charge in [-0.25, -0.2) is 0 Å². The molecule has 5 heteroatoms. The van der Waals surface area contributed by atoms with Crippen LogP contribution in [-0.2, 0) is 11.3 Å². The summed E-state index contributed by atoms with van der Waals surface area (Å²) in [5, 5.41) is -0.230. The molecule has 27 heavy (non-hydrogen) atoms. The van der Waals surface area contributed by atoms with Gasteiger partial charge < -0.3 is 4.74 Å². The van der Waals surface area contributed by atoms with Crippen molar-refractivity contribution in [2.24, 2.45) is 0 Å². The van der Waals surface area contributed by atoms with Crippen molar-refractivity contribution >= 4 is 29.0 Å². The van der Waals surface area contributed by atoms with Crippen LogP contribution in [0.25, 0.3) is 6.08 Å². The van der Waals surface area contributed by atoms with E-state index in [1.165, 1.54) is 4.90 Å². The molecular weight excluding hydrogens is 358 g/mol. The predicted octanol–water partition coefficient (Wildman–Crippen LogP) is 5.41. The second-order valence-corrected chi connectivity index (χ2v) is 7.59. The van der Waals surface area contributed by atoms with Gasteiger partial charge in [-0.15, -0.1) is 0 Å². The molecular formula is C22H23NO3S. The molecule has 1 aliphatic rings. The first-order valence-electron chi connectivity index (χ1n) is 9.04. The summed E-state index contributed by atoms with van der Waals surface area (Å²) in [6.07, 6.45) is 2.86. The first-order valence-corrected chi connectivity index (χ1v) is 9.86. The van der Waals surface area contributed by atoms with Crippen LogP contribution in [0.2, 0.25) is 0 Å². The highest BCUT2D eigenvalue weighted by Gasteiger charge is 2.35. The van der Waals surface area contributed by atoms with Gasteiger partial charge in [0.15, 0.2) is 0 Å². The van der Waals surface area contributed by atoms with Crippen LogP contribution < -0.4 is 4.74 Å². The third-order valence-corrected chi connectivity index (χ3v) is 5.46. The topological polar surface area (TPSA) is 46.6 Å². The monoisotopic (exact) mass is 381 g/mol. The highest BCUT2D eigenvalue weighted by Crippen LogP contribution is 2.33. The second kappa shape index (κ2) is 8.44. The first kappa shape index (κ1) is 19.2. The van der Waals surface area contributed by atoms with E-state index in [2.05, 4.69) is 6.92 Å². The third kappa shape index (κ3) is 4.61. The van der Waals surface area contributed by atoms with Crippen molar-refractivity contribution < 1.29 is 14.3 Å². The van der Waals surface area contributed by atoms with E-state index < -0.39 is 0 Å². The molecule has 0 aromatic heterocycles. The molecule has 2 aromatic rings. The summed E-state index contributed by atoms with van der Waals surface area (Å²) in [5.41, 5.74) is 2.91. The number of hydrogen-bond donors (Lipinski definition) is 0. The summed E-state index contributed by atoms with van der Waals surface area (Å²) >= 11 is 0.987. The van der Waals surface area contributed by atoms with Crippen LogP contribution in [0.3, 0.4) is 0 Å². The van der Waals surface area contributed by atoms with Gasteiger partial charge in [-0.3, -0.25) is 14.5 Å². The summed E-state index contributed by atoms with van der Waals surface area (Å²) < 4.78 is 5.77. The summed E-state index contributed by atoms with van der Waals surface area (Å²) in [7, 11) is 0. The van der Waals surface area contributed by atoms with E-state index in [1.54, 1.807) is 6.08 Å². The number of ether oxygens (including phenoxy) is 1. The van der Waals surface area contributed by atoms with Crippen LogP contribution in [0.5, 0.6) is 5.75 Å². The maximum atomic E-state index is 12.7. The molecule has 0 N–H and O–H groups in total. The number of amides is 2. The Morgan fingerprint density at radius 2 is 1.81 bits per heavy atom. The van der Waals surface area contributed by atoms with Crippen LogP contribution in [0.1, 0.15) is 37.0 Å². The van der Waals surface area contributed by atoms with Gasteiger partial charge in [0.1, 0.15) is 5.75 Å². The lowest BCUT2D eigenvalue weighted by Gasteiger charge is -2.14. The number of imide groups is 1. The van der Waals surface area contributed by atoms with E-state index in [9.17, 15) is 9.59 Å². The zero-order chi connectivity index (χ0) is 19.4. The molecule has 2 amide bonds. The molecule has 1 atom stereocenters. The van der Waals surface area contributed by atoms with Crippen molar-refractivity contribution in [3.05, 3.63) is 70.1 Å². The molecule has 0 spiro atoms. The largest absolute Gasteiger partial charge is 0.491 e. The lowest BCUT2D eigenvalue weighted by Crippen LogP contribution is -2.27. The molecule has 1 unspecified atom stereocenters. The molecule has 3 rings (SSSR count). The van der Waals surface area contributed by atoms with E-state index in [1.807, 2.05) is 62.4 Å². The number of nitrogens with zero attached hydrogens (tertiary/aromatic N) is 1. The number of carbonyl (C=O) groups excluding carboxylic acids is 2. The average molecular weight is 381 g/mol. The minimum Gasteiger partial charge on any atom is -0.491 e. The lowest BCUT2D eigenvalue weighted by molar-refractivity contribution is -0.123. The van der Waals surface area contributed by atoms with Crippen LogP contribution in [-0.4, -0.2) is 22.2 Å². The van der Waals surface area contributed by atoms with Crippen molar-refractivity contribution in [1.82, 2.24) is 4.90 Å². The van der Waals surface area contributed by atoms with Crippen molar-refractivity contribution in [2.45, 2.75) is 39.8 Å². The van der Waals surface area contributed by atoms with Gasteiger partial charge >= 0.3 is 0 Å². The van der Waals surface area contributed by atoms with Gasteiger partial charge in [-0.1, -0.05) is 43.3 Å². The van der Waals surface area contributed by atoms with Crippen molar-refractivity contribution in [3.8, 4) is 5.75 Å². The summed E-state index contributed by atoms with van der Waals surface area (Å²) in [6.45, 7) is 6.38. The molecule has 1 aliphatic heterocycles. The Balaban J connectivity index is 1.73. The minimum absolute atomic E-state index is 0.161. The number of aryl methyl sites for hydroxylation is 1. The van der Waals surface area contributed by atoms with Crippen LogP contribution >= 0.6 is 11.8 Å². The number of hydrogen-bond acceptors (Lipinski definition) is 4. The molecule has 4 nitrogen and oxygen atoms in total. The van der Waals surface area contributed by atoms with E-state index in [-0.39, 0.29) is 17.3 Å². The van der Waals surface area contributed by atoms with Crippen molar-refractivity contribution in [3.63, 3.8) is 0 Å². The molecule has 0 radical (unpaired) electrons. The Morgan fingerprint density at radius 3 is 2.48 bits per heavy atom. The van der Waals surface area contributed by atoms with Crippen LogP contribution in [0.4, 0.5) is 4.79 Å². The maximum Gasteiger partial charge on any atom is 0.293 e. The summed E-state index contributed by atoms with van der Waals surface area (Å²) in [5.74, 6) is 0.558. The molecule has 1 heterocycles. The number of thioether (sulfide) groups is 1. The van der Waals surface area contributed by atoms with E-state index >= 15 is 0 Å². The Bertz CT molecular complexity index is 873.